The number of nitro benzene ring substituents is 1. The first kappa shape index (κ1) is 31.3. The number of para-hydroxylation sites is 1. The fraction of sp³-hybridized carbons (Fsp3) is 0.364. The van der Waals surface area contributed by atoms with E-state index in [9.17, 15) is 24.5 Å². The summed E-state index contributed by atoms with van der Waals surface area (Å²) in [5.74, 6) is 0.518. The fourth-order valence-corrected chi connectivity index (χ4v) is 6.14. The van der Waals surface area contributed by atoms with Crippen molar-refractivity contribution in [1.82, 2.24) is 15.1 Å². The second kappa shape index (κ2) is 13.2. The number of amides is 3. The number of nitrogens with zero attached hydrogens (tertiary/aromatic N) is 4. The molecule has 12 heteroatoms. The van der Waals surface area contributed by atoms with Crippen LogP contribution in [0.3, 0.4) is 0 Å². The minimum Gasteiger partial charge on any atom is -0.493 e. The van der Waals surface area contributed by atoms with E-state index in [1.54, 1.807) is 43.1 Å². The number of aryl methyl sites for hydroxylation is 1. The molecule has 2 aliphatic heterocycles. The van der Waals surface area contributed by atoms with Crippen molar-refractivity contribution < 1.29 is 28.8 Å². The normalized spacial score (nSPS) is 15.7. The van der Waals surface area contributed by atoms with Crippen molar-refractivity contribution in [1.29, 1.82) is 0 Å². The molecule has 3 aromatic rings. The van der Waals surface area contributed by atoms with Gasteiger partial charge in [-0.25, -0.2) is 0 Å². The van der Waals surface area contributed by atoms with Crippen LogP contribution in [0.4, 0.5) is 11.4 Å². The van der Waals surface area contributed by atoms with Gasteiger partial charge in [0, 0.05) is 42.5 Å². The molecule has 1 N–H and O–H groups in total. The highest BCUT2D eigenvalue weighted by Gasteiger charge is 2.54. The van der Waals surface area contributed by atoms with E-state index in [0.29, 0.717) is 56.0 Å². The molecular weight excluding hydrogens is 578 g/mol. The maximum Gasteiger partial charge on any atom is 0.273 e. The molecule has 0 atom stereocenters. The first-order valence-corrected chi connectivity index (χ1v) is 14.8. The van der Waals surface area contributed by atoms with E-state index in [-0.39, 0.29) is 42.2 Å². The molecule has 2 fully saturated rings. The quantitative estimate of drug-likeness (QED) is 0.270. The summed E-state index contributed by atoms with van der Waals surface area (Å²) in [6.45, 7) is 2.75. The zero-order valence-electron chi connectivity index (χ0n) is 25.7. The zero-order chi connectivity index (χ0) is 32.1. The van der Waals surface area contributed by atoms with Crippen molar-refractivity contribution in [3.8, 4) is 11.5 Å². The summed E-state index contributed by atoms with van der Waals surface area (Å²) in [5, 5.41) is 14.3. The van der Waals surface area contributed by atoms with E-state index < -0.39 is 10.5 Å². The van der Waals surface area contributed by atoms with Crippen molar-refractivity contribution in [2.24, 2.45) is 0 Å². The second-order valence-corrected chi connectivity index (χ2v) is 11.3. The van der Waals surface area contributed by atoms with Gasteiger partial charge in [0.1, 0.15) is 12.1 Å². The first-order chi connectivity index (χ1) is 21.7. The van der Waals surface area contributed by atoms with Crippen LogP contribution in [-0.4, -0.2) is 85.1 Å². The number of carbonyl (C=O) groups excluding carboxylic acids is 3. The molecule has 2 saturated heterocycles. The molecule has 3 amide bonds. The third-order valence-corrected chi connectivity index (χ3v) is 8.63. The smallest absolute Gasteiger partial charge is 0.273 e. The Kier molecular flexibility index (Phi) is 9.21. The lowest BCUT2D eigenvalue weighted by Crippen LogP contribution is -2.57. The Labute approximate surface area is 261 Å². The summed E-state index contributed by atoms with van der Waals surface area (Å²) in [4.78, 5) is 56.5. The maximum atomic E-state index is 14.0. The fourth-order valence-electron chi connectivity index (χ4n) is 6.14. The van der Waals surface area contributed by atoms with E-state index in [1.165, 1.54) is 6.07 Å². The maximum absolute atomic E-state index is 14.0. The largest absolute Gasteiger partial charge is 0.493 e. The molecule has 0 unspecified atom stereocenters. The van der Waals surface area contributed by atoms with Gasteiger partial charge in [0.2, 0.25) is 5.91 Å². The van der Waals surface area contributed by atoms with Crippen LogP contribution in [0.15, 0.2) is 66.7 Å². The molecule has 1 spiro atoms. The number of nitrogens with one attached hydrogen (secondary N) is 1. The summed E-state index contributed by atoms with van der Waals surface area (Å²) < 4.78 is 10.6. The summed E-state index contributed by atoms with van der Waals surface area (Å²) in [6, 6.07) is 19.7. The van der Waals surface area contributed by atoms with Gasteiger partial charge < -0.3 is 29.5 Å². The van der Waals surface area contributed by atoms with E-state index in [4.69, 9.17) is 9.47 Å². The van der Waals surface area contributed by atoms with Gasteiger partial charge in [0.15, 0.2) is 11.5 Å². The van der Waals surface area contributed by atoms with Gasteiger partial charge >= 0.3 is 0 Å². The number of benzene rings is 3. The highest BCUT2D eigenvalue weighted by Crippen LogP contribution is 2.40. The third kappa shape index (κ3) is 6.40. The van der Waals surface area contributed by atoms with Gasteiger partial charge in [-0.05, 0) is 62.1 Å². The second-order valence-electron chi connectivity index (χ2n) is 11.3. The predicted octanol–water partition coefficient (Wildman–Crippen LogP) is 3.56. The molecule has 236 valence electrons. The van der Waals surface area contributed by atoms with Gasteiger partial charge in [-0.3, -0.25) is 24.5 Å². The van der Waals surface area contributed by atoms with Gasteiger partial charge in [0.25, 0.3) is 17.5 Å². The highest BCUT2D eigenvalue weighted by molar-refractivity contribution is 5.98. The highest BCUT2D eigenvalue weighted by atomic mass is 16.6. The third-order valence-electron chi connectivity index (χ3n) is 8.63. The molecule has 5 rings (SSSR count). The van der Waals surface area contributed by atoms with Crippen molar-refractivity contribution in [3.05, 3.63) is 93.5 Å². The molecular formula is C33H37N5O7. The van der Waals surface area contributed by atoms with Crippen LogP contribution in [0.25, 0.3) is 0 Å². The molecule has 0 aromatic heterocycles. The van der Waals surface area contributed by atoms with Gasteiger partial charge in [0.05, 0.1) is 25.8 Å². The monoisotopic (exact) mass is 615 g/mol. The molecule has 45 heavy (non-hydrogen) atoms. The molecule has 3 aromatic carbocycles. The topological polar surface area (TPSA) is 135 Å². The summed E-state index contributed by atoms with van der Waals surface area (Å²) in [6.07, 6.45) is 1.30. The number of hydrogen-bond acceptors (Lipinski definition) is 8. The number of nitro groups is 1. The molecule has 12 nitrogen and oxygen atoms in total. The molecule has 2 heterocycles. The van der Waals surface area contributed by atoms with Crippen molar-refractivity contribution in [3.63, 3.8) is 0 Å². The van der Waals surface area contributed by atoms with Crippen LogP contribution in [0.2, 0.25) is 0 Å². The minimum absolute atomic E-state index is 0.0917. The summed E-state index contributed by atoms with van der Waals surface area (Å²) >= 11 is 0. The Morgan fingerprint density at radius 2 is 1.69 bits per heavy atom. The van der Waals surface area contributed by atoms with E-state index in [1.807, 2.05) is 53.4 Å². The summed E-state index contributed by atoms with van der Waals surface area (Å²) in [7, 11) is 3.15. The number of likely N-dealkylation sites (tertiary alicyclic amines) is 1. The van der Waals surface area contributed by atoms with Crippen LogP contribution < -0.4 is 19.7 Å². The van der Waals surface area contributed by atoms with Gasteiger partial charge in [-0.15, -0.1) is 0 Å². The number of hydrogen-bond donors (Lipinski definition) is 1. The average Bonchev–Trinajstić information content (AvgIpc) is 3.31. The number of rotatable bonds is 10. The number of piperidine rings is 1. The van der Waals surface area contributed by atoms with E-state index in [0.717, 1.165) is 11.3 Å². The minimum atomic E-state index is -0.919. The van der Waals surface area contributed by atoms with E-state index >= 15 is 0 Å². The average molecular weight is 616 g/mol. The Bertz CT molecular complexity index is 1590. The number of carbonyl (C=O) groups is 3. The molecule has 0 bridgehead atoms. The SMILES string of the molecule is COc1ccc(CCNC(=O)CN2CN(c3ccccc3)C3(CCN(C(=O)c4ccc(C)c([N+](=O)[O-])c4)CC3)C2=O)cc1OC. The van der Waals surface area contributed by atoms with Crippen molar-refractivity contribution in [2.75, 3.05) is 52.0 Å². The molecule has 2 aliphatic rings. The molecule has 0 saturated carbocycles. The Morgan fingerprint density at radius 1 is 0.978 bits per heavy atom. The number of anilines is 1. The molecule has 0 aliphatic carbocycles. The van der Waals surface area contributed by atoms with Crippen LogP contribution >= 0.6 is 0 Å². The Balaban J connectivity index is 1.25. The standard InChI is InChI=1S/C33H37N5O7/c1-23-9-11-25(20-27(23)38(42)43)31(40)35-17-14-33(15-18-35)32(41)36(22-37(33)26-7-5-4-6-8-26)21-30(39)34-16-13-24-10-12-28(44-2)29(19-24)45-3/h4-12,19-20H,13-18,21-22H2,1-3H3,(H,34,39). The van der Waals surface area contributed by atoms with Crippen LogP contribution in [0.1, 0.15) is 34.3 Å². The van der Waals surface area contributed by atoms with Gasteiger partial charge in [-0.2, -0.15) is 0 Å². The number of methoxy groups -OCH3 is 2. The summed E-state index contributed by atoms with van der Waals surface area (Å²) in [5.41, 5.74) is 1.53. The number of ether oxygens (including phenoxy) is 2. The lowest BCUT2D eigenvalue weighted by Gasteiger charge is -2.43. The van der Waals surface area contributed by atoms with Crippen LogP contribution in [-0.2, 0) is 16.0 Å². The van der Waals surface area contributed by atoms with Crippen LogP contribution in [0, 0.1) is 17.0 Å². The zero-order valence-corrected chi connectivity index (χ0v) is 25.7. The Hall–Kier alpha value is -5.13. The predicted molar refractivity (Wildman–Crippen MR) is 167 cm³/mol. The lowest BCUT2D eigenvalue weighted by molar-refractivity contribution is -0.385. The van der Waals surface area contributed by atoms with Crippen molar-refractivity contribution >= 4 is 29.1 Å². The first-order valence-electron chi connectivity index (χ1n) is 14.8. The Morgan fingerprint density at radius 3 is 2.36 bits per heavy atom. The van der Waals surface area contributed by atoms with Gasteiger partial charge in [-0.1, -0.05) is 30.3 Å². The van der Waals surface area contributed by atoms with Crippen LogP contribution in [0.5, 0.6) is 11.5 Å². The van der Waals surface area contributed by atoms with E-state index in [2.05, 4.69) is 5.32 Å². The van der Waals surface area contributed by atoms with Crippen molar-refractivity contribution in [2.45, 2.75) is 31.7 Å². The molecule has 0 radical (unpaired) electrons. The lowest BCUT2D eigenvalue weighted by atomic mass is 9.85.